The van der Waals surface area contributed by atoms with Crippen molar-refractivity contribution < 1.29 is 18.3 Å². The second-order valence-electron chi connectivity index (χ2n) is 7.83. The molecule has 5 rings (SSSR count). The van der Waals surface area contributed by atoms with Crippen molar-refractivity contribution in [2.45, 2.75) is 31.3 Å². The standard InChI is InChI=1S/C23H21F2N3O2/c1-27-22(16-7-4-8-18(24)20(16)25)17-12-14-9-10-19(21(17)26-27)28(14)23(29)13-5-3-6-15(11-13)30-2/h3-8,11,14,19H,9-10,12H2,1-2H3. The number of nitrogens with zero attached hydrogens (tertiary/aromatic N) is 3. The monoisotopic (exact) mass is 409 g/mol. The third-order valence-corrected chi connectivity index (χ3v) is 6.19. The van der Waals surface area contributed by atoms with E-state index < -0.39 is 11.6 Å². The fourth-order valence-electron chi connectivity index (χ4n) is 4.88. The second kappa shape index (κ2) is 6.93. The number of hydrogen-bond donors (Lipinski definition) is 0. The molecule has 2 aliphatic heterocycles. The van der Waals surface area contributed by atoms with Gasteiger partial charge in [0, 0.05) is 29.8 Å². The van der Waals surface area contributed by atoms with Crippen molar-refractivity contribution in [3.05, 3.63) is 70.9 Å². The summed E-state index contributed by atoms with van der Waals surface area (Å²) in [4.78, 5) is 15.2. The first kappa shape index (κ1) is 18.8. The summed E-state index contributed by atoms with van der Waals surface area (Å²) in [6.45, 7) is 0. The van der Waals surface area contributed by atoms with Crippen LogP contribution in [0.5, 0.6) is 5.75 Å². The third kappa shape index (κ3) is 2.72. The van der Waals surface area contributed by atoms with Crippen LogP contribution in [0, 0.1) is 11.6 Å². The molecule has 3 heterocycles. The number of rotatable bonds is 3. The molecule has 0 saturated carbocycles. The van der Waals surface area contributed by atoms with Gasteiger partial charge in [-0.1, -0.05) is 12.1 Å². The second-order valence-corrected chi connectivity index (χ2v) is 7.83. The predicted octanol–water partition coefficient (Wildman–Crippen LogP) is 4.28. The lowest BCUT2D eigenvalue weighted by Crippen LogP contribution is -2.41. The molecule has 0 aliphatic carbocycles. The maximum absolute atomic E-state index is 14.5. The average Bonchev–Trinajstić information content (AvgIpc) is 3.26. The van der Waals surface area contributed by atoms with Crippen molar-refractivity contribution in [1.82, 2.24) is 14.7 Å². The summed E-state index contributed by atoms with van der Waals surface area (Å²) in [6, 6.07) is 11.1. The van der Waals surface area contributed by atoms with E-state index in [9.17, 15) is 13.6 Å². The molecule has 1 amide bonds. The van der Waals surface area contributed by atoms with Gasteiger partial charge in [0.25, 0.3) is 5.91 Å². The highest BCUT2D eigenvalue weighted by atomic mass is 19.2. The van der Waals surface area contributed by atoms with Gasteiger partial charge in [-0.3, -0.25) is 9.48 Å². The lowest BCUT2D eigenvalue weighted by molar-refractivity contribution is 0.0642. The van der Waals surface area contributed by atoms with Crippen molar-refractivity contribution in [1.29, 1.82) is 0 Å². The number of hydrogen-bond acceptors (Lipinski definition) is 3. The lowest BCUT2D eigenvalue weighted by atomic mass is 9.94. The van der Waals surface area contributed by atoms with E-state index in [0.717, 1.165) is 30.2 Å². The van der Waals surface area contributed by atoms with E-state index in [0.29, 0.717) is 23.4 Å². The molecule has 30 heavy (non-hydrogen) atoms. The van der Waals surface area contributed by atoms with Crippen LogP contribution in [0.25, 0.3) is 11.3 Å². The average molecular weight is 409 g/mol. The summed E-state index contributed by atoms with van der Waals surface area (Å²) in [5, 5.41) is 4.65. The topological polar surface area (TPSA) is 47.4 Å². The van der Waals surface area contributed by atoms with Gasteiger partial charge in [-0.05, 0) is 49.6 Å². The number of aryl methyl sites for hydroxylation is 1. The Balaban J connectivity index is 1.56. The molecule has 0 spiro atoms. The van der Waals surface area contributed by atoms with Crippen molar-refractivity contribution in [3.8, 4) is 17.0 Å². The number of carbonyl (C=O) groups is 1. The molecule has 5 nitrogen and oxygen atoms in total. The minimum atomic E-state index is -0.879. The lowest BCUT2D eigenvalue weighted by Gasteiger charge is -2.34. The van der Waals surface area contributed by atoms with Crippen molar-refractivity contribution >= 4 is 5.91 Å². The highest BCUT2D eigenvalue weighted by Crippen LogP contribution is 2.47. The van der Waals surface area contributed by atoms with Crippen LogP contribution in [0.2, 0.25) is 0 Å². The van der Waals surface area contributed by atoms with Crippen LogP contribution in [0.15, 0.2) is 42.5 Å². The maximum atomic E-state index is 14.5. The highest BCUT2D eigenvalue weighted by molar-refractivity contribution is 5.95. The van der Waals surface area contributed by atoms with Crippen LogP contribution in [-0.4, -0.2) is 33.7 Å². The Morgan fingerprint density at radius 3 is 2.77 bits per heavy atom. The number of amides is 1. The zero-order valence-electron chi connectivity index (χ0n) is 16.7. The molecule has 2 unspecified atom stereocenters. The molecule has 2 aromatic carbocycles. The molecule has 154 valence electrons. The van der Waals surface area contributed by atoms with Gasteiger partial charge in [0.15, 0.2) is 11.6 Å². The molecule has 2 bridgehead atoms. The van der Waals surface area contributed by atoms with E-state index in [4.69, 9.17) is 4.74 Å². The quantitative estimate of drug-likeness (QED) is 0.649. The normalized spacial score (nSPS) is 19.7. The van der Waals surface area contributed by atoms with Crippen molar-refractivity contribution in [2.24, 2.45) is 7.05 Å². The molecule has 0 radical (unpaired) electrons. The molecule has 1 saturated heterocycles. The van der Waals surface area contributed by atoms with Gasteiger partial charge < -0.3 is 9.64 Å². The number of benzene rings is 2. The first-order valence-corrected chi connectivity index (χ1v) is 9.96. The summed E-state index contributed by atoms with van der Waals surface area (Å²) in [5.41, 5.74) is 3.05. The zero-order chi connectivity index (χ0) is 21.0. The number of carbonyl (C=O) groups excluding carboxylic acids is 1. The maximum Gasteiger partial charge on any atom is 0.254 e. The summed E-state index contributed by atoms with van der Waals surface area (Å²) >= 11 is 0. The van der Waals surface area contributed by atoms with Crippen LogP contribution in [-0.2, 0) is 13.5 Å². The Morgan fingerprint density at radius 1 is 1.17 bits per heavy atom. The van der Waals surface area contributed by atoms with Gasteiger partial charge in [0.1, 0.15) is 5.75 Å². The van der Waals surface area contributed by atoms with Gasteiger partial charge in [0.05, 0.1) is 24.5 Å². The predicted molar refractivity (Wildman–Crippen MR) is 107 cm³/mol. The molecular formula is C23H21F2N3O2. The van der Waals surface area contributed by atoms with E-state index in [-0.39, 0.29) is 23.6 Å². The molecular weight excluding hydrogens is 388 g/mol. The molecule has 1 fully saturated rings. The summed E-state index contributed by atoms with van der Waals surface area (Å²) < 4.78 is 35.2. The number of halogens is 2. The summed E-state index contributed by atoms with van der Waals surface area (Å²) in [5.74, 6) is -1.18. The Labute approximate surface area is 172 Å². The SMILES string of the molecule is COc1cccc(C(=O)N2C3CCC2c2nn(C)c(-c4cccc(F)c4F)c2C3)c1. The molecule has 3 aromatic rings. The van der Waals surface area contributed by atoms with Gasteiger partial charge in [0.2, 0.25) is 0 Å². The van der Waals surface area contributed by atoms with Crippen molar-refractivity contribution in [2.75, 3.05) is 7.11 Å². The minimum Gasteiger partial charge on any atom is -0.497 e. The Morgan fingerprint density at radius 2 is 1.97 bits per heavy atom. The van der Waals surface area contributed by atoms with Crippen LogP contribution in [0.1, 0.15) is 40.5 Å². The van der Waals surface area contributed by atoms with E-state index >= 15 is 0 Å². The highest BCUT2D eigenvalue weighted by Gasteiger charge is 2.46. The van der Waals surface area contributed by atoms with Crippen LogP contribution < -0.4 is 4.74 Å². The summed E-state index contributed by atoms with van der Waals surface area (Å²) in [6.07, 6.45) is 2.22. The Kier molecular flexibility index (Phi) is 4.34. The van der Waals surface area contributed by atoms with Gasteiger partial charge in [-0.15, -0.1) is 0 Å². The molecule has 0 N–H and O–H groups in total. The van der Waals surface area contributed by atoms with Gasteiger partial charge in [-0.2, -0.15) is 5.10 Å². The number of ether oxygens (including phenoxy) is 1. The first-order chi connectivity index (χ1) is 14.5. The van der Waals surface area contributed by atoms with Crippen molar-refractivity contribution in [3.63, 3.8) is 0 Å². The van der Waals surface area contributed by atoms with E-state index in [1.165, 1.54) is 6.07 Å². The van der Waals surface area contributed by atoms with E-state index in [2.05, 4.69) is 5.10 Å². The number of methoxy groups -OCH3 is 1. The molecule has 2 atom stereocenters. The zero-order valence-corrected chi connectivity index (χ0v) is 16.7. The smallest absolute Gasteiger partial charge is 0.254 e. The van der Waals surface area contributed by atoms with Gasteiger partial charge >= 0.3 is 0 Å². The molecule has 7 heteroatoms. The largest absolute Gasteiger partial charge is 0.497 e. The first-order valence-electron chi connectivity index (χ1n) is 9.96. The van der Waals surface area contributed by atoms with E-state index in [1.807, 2.05) is 4.90 Å². The van der Waals surface area contributed by atoms with Gasteiger partial charge in [-0.25, -0.2) is 8.78 Å². The van der Waals surface area contributed by atoms with Crippen LogP contribution in [0.3, 0.4) is 0 Å². The van der Waals surface area contributed by atoms with Crippen LogP contribution in [0.4, 0.5) is 8.78 Å². The fourth-order valence-corrected chi connectivity index (χ4v) is 4.88. The Bertz CT molecular complexity index is 1160. The minimum absolute atomic E-state index is 0.000714. The number of aromatic nitrogens is 2. The third-order valence-electron chi connectivity index (χ3n) is 6.19. The fraction of sp³-hybridized carbons (Fsp3) is 0.304. The Hall–Kier alpha value is -3.22. The molecule has 1 aromatic heterocycles. The molecule has 2 aliphatic rings. The summed E-state index contributed by atoms with van der Waals surface area (Å²) in [7, 11) is 3.31. The van der Waals surface area contributed by atoms with E-state index in [1.54, 1.807) is 49.2 Å². The number of fused-ring (bicyclic) bond motifs is 4. The van der Waals surface area contributed by atoms with Crippen LogP contribution >= 0.6 is 0 Å².